The van der Waals surface area contributed by atoms with E-state index in [1.165, 1.54) is 36.0 Å². The van der Waals surface area contributed by atoms with E-state index in [-0.39, 0.29) is 16.0 Å². The van der Waals surface area contributed by atoms with Crippen LogP contribution in [0.3, 0.4) is 0 Å². The Morgan fingerprint density at radius 3 is 1.88 bits per heavy atom. The maximum atomic E-state index is 6.67. The Kier molecular flexibility index (Phi) is 8.50. The van der Waals surface area contributed by atoms with Gasteiger partial charge in [0.05, 0.1) is 7.11 Å². The normalized spacial score (nSPS) is 15.5. The molecule has 0 aliphatic carbocycles. The van der Waals surface area contributed by atoms with Crippen LogP contribution in [0.25, 0.3) is 0 Å². The summed E-state index contributed by atoms with van der Waals surface area (Å²) in [7, 11) is 2.17. The fraction of sp³-hybridized carbons (Fsp3) is 0.739. The molecule has 26 heavy (non-hydrogen) atoms. The van der Waals surface area contributed by atoms with Crippen LogP contribution in [0.15, 0.2) is 12.1 Å². The summed E-state index contributed by atoms with van der Waals surface area (Å²) in [5.41, 5.74) is 4.12. The lowest BCUT2D eigenvalue weighted by Gasteiger charge is -2.37. The van der Waals surface area contributed by atoms with Gasteiger partial charge in [-0.1, -0.05) is 98.0 Å². The first-order valence-corrected chi connectivity index (χ1v) is 12.1. The van der Waals surface area contributed by atoms with Gasteiger partial charge < -0.3 is 4.74 Å². The van der Waals surface area contributed by atoms with Crippen LogP contribution in [0, 0.1) is 0 Å². The second-order valence-electron chi connectivity index (χ2n) is 9.59. The van der Waals surface area contributed by atoms with Gasteiger partial charge in [-0.15, -0.1) is 0 Å². The molecule has 0 bridgehead atoms. The molecule has 1 aromatic rings. The van der Waals surface area contributed by atoms with Crippen molar-refractivity contribution in [2.45, 2.75) is 103 Å². The van der Waals surface area contributed by atoms with E-state index >= 15 is 0 Å². The molecule has 0 amide bonds. The predicted octanol–water partition coefficient (Wildman–Crippen LogP) is 8.31. The molecular weight excluding hydrogens is 359 g/mol. The maximum Gasteiger partial charge on any atom is 0.126 e. The number of unbranched alkanes of at least 4 members (excludes halogenated alkanes) is 2. The number of benzene rings is 1. The third kappa shape index (κ3) is 5.39. The van der Waals surface area contributed by atoms with Crippen molar-refractivity contribution >= 4 is 19.2 Å². The van der Waals surface area contributed by atoms with E-state index < -0.39 is 0 Å². The Morgan fingerprint density at radius 2 is 1.50 bits per heavy atom. The molecule has 0 saturated heterocycles. The molecule has 0 N–H and O–H groups in total. The highest BCUT2D eigenvalue weighted by Crippen LogP contribution is 2.55. The van der Waals surface area contributed by atoms with Crippen molar-refractivity contribution in [1.82, 2.24) is 0 Å². The van der Waals surface area contributed by atoms with Crippen molar-refractivity contribution in [3.8, 4) is 5.75 Å². The number of halogens is 1. The van der Waals surface area contributed by atoms with Gasteiger partial charge in [0.2, 0.25) is 0 Å². The molecule has 1 aromatic carbocycles. The SMILES string of the molecule is CCCCCC(CC)(PCl)c1cc(C(C)(C)C)cc(C(C)(C)C)c1OC. The van der Waals surface area contributed by atoms with Crippen LogP contribution in [0.5, 0.6) is 5.75 Å². The Morgan fingerprint density at radius 1 is 0.923 bits per heavy atom. The summed E-state index contributed by atoms with van der Waals surface area (Å²) in [6.45, 7) is 18.2. The number of ether oxygens (including phenoxy) is 1. The highest BCUT2D eigenvalue weighted by molar-refractivity contribution is 7.69. The quantitative estimate of drug-likeness (QED) is 0.316. The molecular formula is C23H40ClOP. The van der Waals surface area contributed by atoms with Crippen LogP contribution in [0.1, 0.15) is 104 Å². The van der Waals surface area contributed by atoms with Crippen LogP contribution in [-0.4, -0.2) is 7.11 Å². The molecule has 0 aliphatic rings. The molecule has 0 saturated carbocycles. The fourth-order valence-electron chi connectivity index (χ4n) is 3.54. The summed E-state index contributed by atoms with van der Waals surface area (Å²) in [5.74, 6) is 1.05. The lowest BCUT2D eigenvalue weighted by atomic mass is 9.76. The lowest BCUT2D eigenvalue weighted by molar-refractivity contribution is 0.378. The van der Waals surface area contributed by atoms with Gasteiger partial charge in [-0.05, 0) is 37.2 Å². The first-order valence-electron chi connectivity index (χ1n) is 10.1. The van der Waals surface area contributed by atoms with Crippen molar-refractivity contribution in [3.63, 3.8) is 0 Å². The molecule has 0 fully saturated rings. The molecule has 0 aliphatic heterocycles. The third-order valence-electron chi connectivity index (χ3n) is 5.47. The zero-order chi connectivity index (χ0) is 20.2. The largest absolute Gasteiger partial charge is 0.496 e. The molecule has 0 spiro atoms. The zero-order valence-electron chi connectivity index (χ0n) is 18.5. The van der Waals surface area contributed by atoms with E-state index in [4.69, 9.17) is 16.0 Å². The van der Waals surface area contributed by atoms with Crippen molar-refractivity contribution < 1.29 is 4.74 Å². The molecule has 0 heterocycles. The summed E-state index contributed by atoms with van der Waals surface area (Å²) >= 11 is 6.67. The van der Waals surface area contributed by atoms with E-state index in [2.05, 4.69) is 67.5 Å². The average molecular weight is 399 g/mol. The van der Waals surface area contributed by atoms with Crippen LogP contribution in [-0.2, 0) is 16.0 Å². The first-order chi connectivity index (χ1) is 12.0. The minimum Gasteiger partial charge on any atom is -0.496 e. The van der Waals surface area contributed by atoms with E-state index in [0.29, 0.717) is 7.93 Å². The smallest absolute Gasteiger partial charge is 0.126 e. The number of hydrogen-bond acceptors (Lipinski definition) is 1. The Bertz CT molecular complexity index is 577. The molecule has 0 aromatic heterocycles. The van der Waals surface area contributed by atoms with Gasteiger partial charge >= 0.3 is 0 Å². The monoisotopic (exact) mass is 398 g/mol. The zero-order valence-corrected chi connectivity index (χ0v) is 20.2. The van der Waals surface area contributed by atoms with Crippen molar-refractivity contribution in [2.24, 2.45) is 0 Å². The molecule has 1 nitrogen and oxygen atoms in total. The summed E-state index contributed by atoms with van der Waals surface area (Å²) in [5, 5.41) is 0.00330. The van der Waals surface area contributed by atoms with Gasteiger partial charge in [0, 0.05) is 16.3 Å². The summed E-state index contributed by atoms with van der Waals surface area (Å²) in [6, 6.07) is 4.74. The number of methoxy groups -OCH3 is 1. The molecule has 1 rings (SSSR count). The van der Waals surface area contributed by atoms with E-state index in [9.17, 15) is 0 Å². The van der Waals surface area contributed by atoms with Gasteiger partial charge in [-0.3, -0.25) is 0 Å². The number of hydrogen-bond donors (Lipinski definition) is 0. The topological polar surface area (TPSA) is 9.23 Å². The minimum atomic E-state index is 0.00330. The Balaban J connectivity index is 3.74. The van der Waals surface area contributed by atoms with E-state index in [0.717, 1.165) is 18.6 Å². The molecule has 0 radical (unpaired) electrons. The lowest BCUT2D eigenvalue weighted by Crippen LogP contribution is -2.25. The predicted molar refractivity (Wildman–Crippen MR) is 121 cm³/mol. The van der Waals surface area contributed by atoms with Crippen LogP contribution >= 0.6 is 19.2 Å². The Labute approximate surface area is 169 Å². The van der Waals surface area contributed by atoms with Gasteiger partial charge in [0.15, 0.2) is 0 Å². The van der Waals surface area contributed by atoms with Gasteiger partial charge in [0.25, 0.3) is 0 Å². The van der Waals surface area contributed by atoms with E-state index in [1.54, 1.807) is 0 Å². The first kappa shape index (κ1) is 23.8. The minimum absolute atomic E-state index is 0.00330. The third-order valence-corrected chi connectivity index (χ3v) is 7.79. The van der Waals surface area contributed by atoms with Gasteiger partial charge in [-0.25, -0.2) is 0 Å². The number of rotatable bonds is 8. The van der Waals surface area contributed by atoms with E-state index in [1.807, 2.05) is 7.11 Å². The second-order valence-corrected chi connectivity index (χ2v) is 11.3. The molecule has 3 heteroatoms. The summed E-state index contributed by atoms with van der Waals surface area (Å²) < 4.78 is 6.03. The van der Waals surface area contributed by atoms with Gasteiger partial charge in [-0.2, -0.15) is 0 Å². The summed E-state index contributed by atoms with van der Waals surface area (Å²) in [4.78, 5) is 0. The van der Waals surface area contributed by atoms with Crippen LogP contribution in [0.4, 0.5) is 0 Å². The average Bonchev–Trinajstić information content (AvgIpc) is 2.56. The molecule has 150 valence electrons. The molecule has 2 unspecified atom stereocenters. The van der Waals surface area contributed by atoms with Crippen LogP contribution < -0.4 is 4.74 Å². The van der Waals surface area contributed by atoms with Gasteiger partial charge in [0.1, 0.15) is 5.75 Å². The molecule has 2 atom stereocenters. The Hall–Kier alpha value is -0.260. The van der Waals surface area contributed by atoms with Crippen molar-refractivity contribution in [3.05, 3.63) is 28.8 Å². The summed E-state index contributed by atoms with van der Waals surface area (Å²) in [6.07, 6.45) is 5.89. The van der Waals surface area contributed by atoms with Crippen molar-refractivity contribution in [1.29, 1.82) is 0 Å². The fourth-order valence-corrected chi connectivity index (χ4v) is 5.22. The second kappa shape index (κ2) is 9.29. The maximum absolute atomic E-state index is 6.67. The highest BCUT2D eigenvalue weighted by Gasteiger charge is 2.36. The van der Waals surface area contributed by atoms with Crippen LogP contribution in [0.2, 0.25) is 0 Å². The van der Waals surface area contributed by atoms with Crippen molar-refractivity contribution in [2.75, 3.05) is 7.11 Å². The highest BCUT2D eigenvalue weighted by atomic mass is 35.7. The standard InChI is InChI=1S/C23H40ClOP/c1-10-12-13-14-23(11-2,26-24)19-16-17(21(3,4)5)15-18(20(19)25-9)22(6,7)8/h15-16,26H,10-14H2,1-9H3.